The summed E-state index contributed by atoms with van der Waals surface area (Å²) >= 11 is 0. The highest BCUT2D eigenvalue weighted by Gasteiger charge is 2.25. The number of rotatable bonds is 9. The molecule has 3 rings (SSSR count). The minimum Gasteiger partial charge on any atom is -0.382 e. The number of ether oxygens (including phenoxy) is 2. The molecule has 1 aliphatic rings. The van der Waals surface area contributed by atoms with Crippen molar-refractivity contribution in [2.24, 2.45) is 10.9 Å². The Morgan fingerprint density at radius 1 is 1.31 bits per heavy atom. The Labute approximate surface area is 189 Å². The number of halogens is 1. The van der Waals surface area contributed by atoms with Crippen LogP contribution in [0.1, 0.15) is 19.0 Å². The van der Waals surface area contributed by atoms with Crippen molar-refractivity contribution < 1.29 is 14.0 Å². The molecule has 1 aliphatic heterocycles. The van der Waals surface area contributed by atoms with E-state index in [0.29, 0.717) is 25.7 Å². The largest absolute Gasteiger partial charge is 0.382 e. The van der Waals surface area contributed by atoms with Gasteiger partial charge in [0.2, 0.25) is 0 Å². The van der Waals surface area contributed by atoms with E-state index in [9.17, 15) is 0 Å². The molecule has 0 amide bonds. The van der Waals surface area contributed by atoms with Gasteiger partial charge in [-0.15, -0.1) is 24.0 Å². The van der Waals surface area contributed by atoms with Crippen molar-refractivity contribution in [3.63, 3.8) is 0 Å². The number of nitrogens with zero attached hydrogens (tertiary/aromatic N) is 3. The van der Waals surface area contributed by atoms with E-state index in [0.717, 1.165) is 55.6 Å². The second kappa shape index (κ2) is 12.8. The van der Waals surface area contributed by atoms with E-state index in [1.54, 1.807) is 7.11 Å². The highest BCUT2D eigenvalue weighted by Crippen LogP contribution is 2.20. The molecule has 8 heteroatoms. The van der Waals surface area contributed by atoms with Crippen LogP contribution in [0.5, 0.6) is 0 Å². The number of aromatic nitrogens is 1. The molecule has 0 bridgehead atoms. The highest BCUT2D eigenvalue weighted by atomic mass is 127. The molecule has 1 aromatic heterocycles. The van der Waals surface area contributed by atoms with Crippen LogP contribution in [0.3, 0.4) is 0 Å². The molecule has 1 N–H and O–H groups in total. The van der Waals surface area contributed by atoms with Gasteiger partial charge in [-0.05, 0) is 13.3 Å². The van der Waals surface area contributed by atoms with Crippen LogP contribution in [-0.4, -0.2) is 62.6 Å². The molecule has 2 aromatic rings. The van der Waals surface area contributed by atoms with Crippen molar-refractivity contribution in [2.45, 2.75) is 19.9 Å². The normalized spacial score (nSPS) is 16.7. The van der Waals surface area contributed by atoms with Gasteiger partial charge in [-0.2, -0.15) is 0 Å². The first-order chi connectivity index (χ1) is 13.8. The fourth-order valence-corrected chi connectivity index (χ4v) is 3.26. The fourth-order valence-electron chi connectivity index (χ4n) is 3.26. The summed E-state index contributed by atoms with van der Waals surface area (Å²) in [4.78, 5) is 7.06. The number of methoxy groups -OCH3 is 1. The topological polar surface area (TPSA) is 72.1 Å². The molecule has 1 unspecified atom stereocenters. The Hall–Kier alpha value is -1.65. The first-order valence-corrected chi connectivity index (χ1v) is 9.91. The molecular formula is C21H31IN4O3. The van der Waals surface area contributed by atoms with Crippen molar-refractivity contribution in [1.82, 2.24) is 15.4 Å². The third-order valence-electron chi connectivity index (χ3n) is 4.71. The second-order valence-corrected chi connectivity index (χ2v) is 6.89. The van der Waals surface area contributed by atoms with Crippen molar-refractivity contribution >= 4 is 29.9 Å². The third kappa shape index (κ3) is 7.27. The van der Waals surface area contributed by atoms with Gasteiger partial charge in [0.05, 0.1) is 26.4 Å². The lowest BCUT2D eigenvalue weighted by atomic mass is 10.1. The zero-order valence-electron chi connectivity index (χ0n) is 17.2. The smallest absolute Gasteiger partial charge is 0.194 e. The molecule has 0 radical (unpaired) electrons. The van der Waals surface area contributed by atoms with Crippen LogP contribution in [0, 0.1) is 5.92 Å². The molecule has 2 heterocycles. The maximum Gasteiger partial charge on any atom is 0.194 e. The number of nitrogens with one attached hydrogen (secondary N) is 1. The predicted molar refractivity (Wildman–Crippen MR) is 125 cm³/mol. The Morgan fingerprint density at radius 2 is 2.14 bits per heavy atom. The highest BCUT2D eigenvalue weighted by molar-refractivity contribution is 14.0. The maximum atomic E-state index is 5.69. The zero-order chi connectivity index (χ0) is 19.6. The Kier molecular flexibility index (Phi) is 10.4. The first-order valence-electron chi connectivity index (χ1n) is 9.91. The van der Waals surface area contributed by atoms with Gasteiger partial charge in [0, 0.05) is 44.3 Å². The summed E-state index contributed by atoms with van der Waals surface area (Å²) in [6.45, 7) is 7.40. The van der Waals surface area contributed by atoms with Crippen LogP contribution in [-0.2, 0) is 16.0 Å². The Balaban J connectivity index is 0.00000300. The summed E-state index contributed by atoms with van der Waals surface area (Å²) in [6.07, 6.45) is 1.11. The Bertz CT molecular complexity index is 739. The van der Waals surface area contributed by atoms with Crippen molar-refractivity contribution in [1.29, 1.82) is 0 Å². The zero-order valence-corrected chi connectivity index (χ0v) is 19.5. The van der Waals surface area contributed by atoms with Crippen LogP contribution in [0.2, 0.25) is 0 Å². The number of guanidine groups is 1. The summed E-state index contributed by atoms with van der Waals surface area (Å²) in [7, 11) is 1.69. The number of hydrogen-bond acceptors (Lipinski definition) is 5. The van der Waals surface area contributed by atoms with E-state index in [2.05, 4.69) is 22.3 Å². The molecule has 160 valence electrons. The molecule has 1 aromatic carbocycles. The summed E-state index contributed by atoms with van der Waals surface area (Å²) in [5.74, 6) is 2.22. The second-order valence-electron chi connectivity index (χ2n) is 6.89. The predicted octanol–water partition coefficient (Wildman–Crippen LogP) is 3.41. The van der Waals surface area contributed by atoms with E-state index in [1.165, 1.54) is 0 Å². The SMILES string of the molecule is CCNC(=NCc1cc(-c2ccccc2)on1)N1CCC(COCCOC)C1.I. The third-order valence-corrected chi connectivity index (χ3v) is 4.71. The molecule has 0 aliphatic carbocycles. The summed E-state index contributed by atoms with van der Waals surface area (Å²) in [5.41, 5.74) is 1.85. The van der Waals surface area contributed by atoms with E-state index in [4.69, 9.17) is 19.0 Å². The summed E-state index contributed by atoms with van der Waals surface area (Å²) in [5, 5.41) is 7.55. The van der Waals surface area contributed by atoms with Gasteiger partial charge in [0.1, 0.15) is 5.69 Å². The first kappa shape index (κ1) is 23.6. The van der Waals surface area contributed by atoms with Gasteiger partial charge in [0.25, 0.3) is 0 Å². The van der Waals surface area contributed by atoms with Crippen molar-refractivity contribution in [2.75, 3.05) is 46.6 Å². The van der Waals surface area contributed by atoms with E-state index >= 15 is 0 Å². The van der Waals surface area contributed by atoms with Crippen LogP contribution < -0.4 is 5.32 Å². The number of aliphatic imine (C=N–C) groups is 1. The van der Waals surface area contributed by atoms with Crippen LogP contribution >= 0.6 is 24.0 Å². The van der Waals surface area contributed by atoms with Crippen LogP contribution in [0.4, 0.5) is 0 Å². The lowest BCUT2D eigenvalue weighted by molar-refractivity contribution is 0.0536. The quantitative estimate of drug-likeness (QED) is 0.240. The molecule has 29 heavy (non-hydrogen) atoms. The summed E-state index contributed by atoms with van der Waals surface area (Å²) < 4.78 is 16.2. The van der Waals surface area contributed by atoms with E-state index in [1.807, 2.05) is 36.4 Å². The van der Waals surface area contributed by atoms with E-state index in [-0.39, 0.29) is 24.0 Å². The van der Waals surface area contributed by atoms with Crippen molar-refractivity contribution in [3.8, 4) is 11.3 Å². The van der Waals surface area contributed by atoms with Gasteiger partial charge in [-0.25, -0.2) is 4.99 Å². The average Bonchev–Trinajstić information content (AvgIpc) is 3.39. The standard InChI is InChI=1S/C21H30N4O3.HI/c1-3-22-21(25-10-9-17(15-25)16-27-12-11-26-2)23-14-19-13-20(28-24-19)18-7-5-4-6-8-18;/h4-8,13,17H,3,9-12,14-16H2,1-2H3,(H,22,23);1H. The lowest BCUT2D eigenvalue weighted by Gasteiger charge is -2.21. The van der Waals surface area contributed by atoms with Gasteiger partial charge < -0.3 is 24.2 Å². The number of benzene rings is 1. The summed E-state index contributed by atoms with van der Waals surface area (Å²) in [6, 6.07) is 11.9. The maximum absolute atomic E-state index is 5.69. The minimum atomic E-state index is 0. The number of likely N-dealkylation sites (tertiary alicyclic amines) is 1. The van der Waals surface area contributed by atoms with Gasteiger partial charge in [-0.3, -0.25) is 0 Å². The Morgan fingerprint density at radius 3 is 2.90 bits per heavy atom. The minimum absolute atomic E-state index is 0. The molecule has 1 saturated heterocycles. The van der Waals surface area contributed by atoms with Gasteiger partial charge >= 0.3 is 0 Å². The molecule has 0 spiro atoms. The molecule has 1 fully saturated rings. The monoisotopic (exact) mass is 514 g/mol. The molecular weight excluding hydrogens is 483 g/mol. The molecule has 1 atom stereocenters. The fraction of sp³-hybridized carbons (Fsp3) is 0.524. The van der Waals surface area contributed by atoms with E-state index < -0.39 is 0 Å². The van der Waals surface area contributed by atoms with Crippen LogP contribution in [0.25, 0.3) is 11.3 Å². The lowest BCUT2D eigenvalue weighted by Crippen LogP contribution is -2.40. The number of hydrogen-bond donors (Lipinski definition) is 1. The molecule has 0 saturated carbocycles. The average molecular weight is 514 g/mol. The van der Waals surface area contributed by atoms with Crippen molar-refractivity contribution in [3.05, 3.63) is 42.1 Å². The molecule has 7 nitrogen and oxygen atoms in total. The van der Waals surface area contributed by atoms with Gasteiger partial charge in [-0.1, -0.05) is 35.5 Å². The van der Waals surface area contributed by atoms with Gasteiger partial charge in [0.15, 0.2) is 11.7 Å². The van der Waals surface area contributed by atoms with Crippen LogP contribution in [0.15, 0.2) is 45.9 Å².